The van der Waals surface area contributed by atoms with Gasteiger partial charge in [0.05, 0.1) is 56.1 Å². The lowest BCUT2D eigenvalue weighted by Crippen LogP contribution is -2.21. The Hall–Kier alpha value is -5.73. The molecule has 0 radical (unpaired) electrons. The van der Waals surface area contributed by atoms with Crippen molar-refractivity contribution < 1.29 is 42.1 Å². The van der Waals surface area contributed by atoms with Gasteiger partial charge >= 0.3 is 12.1 Å². The Morgan fingerprint density at radius 1 is 0.930 bits per heavy atom. The summed E-state index contributed by atoms with van der Waals surface area (Å²) in [4.78, 5) is 29.6. The van der Waals surface area contributed by atoms with Gasteiger partial charge in [-0.05, 0) is 30.3 Å². The molecule has 0 aliphatic heterocycles. The Balaban J connectivity index is 0.000000541. The number of carbonyl (C=O) groups is 2. The van der Waals surface area contributed by atoms with Gasteiger partial charge in [0.15, 0.2) is 11.5 Å². The highest BCUT2D eigenvalue weighted by Gasteiger charge is 2.38. The Labute approximate surface area is 242 Å². The number of aliphatic carboxylic acids is 1. The van der Waals surface area contributed by atoms with Crippen molar-refractivity contribution in [2.24, 2.45) is 0 Å². The van der Waals surface area contributed by atoms with Crippen LogP contribution in [0.25, 0.3) is 16.7 Å². The first-order valence-electron chi connectivity index (χ1n) is 12.3. The van der Waals surface area contributed by atoms with E-state index in [1.165, 1.54) is 21.3 Å². The highest BCUT2D eigenvalue weighted by molar-refractivity contribution is 6.05. The first-order valence-corrected chi connectivity index (χ1v) is 12.3. The molecule has 4 N–H and O–H groups in total. The average molecular weight is 599 g/mol. The van der Waals surface area contributed by atoms with Crippen LogP contribution in [0.1, 0.15) is 10.4 Å². The molecule has 12 nitrogen and oxygen atoms in total. The first kappa shape index (κ1) is 30.2. The number of rotatable bonds is 8. The molecule has 15 heteroatoms. The van der Waals surface area contributed by atoms with Crippen LogP contribution in [-0.2, 0) is 4.79 Å². The molecule has 5 rings (SSSR count). The number of ether oxygens (including phenoxy) is 3. The summed E-state index contributed by atoms with van der Waals surface area (Å²) in [6.45, 7) is 0. The molecule has 0 unspecified atom stereocenters. The number of hydrogen-bond donors (Lipinski definition) is 4. The molecular weight excluding hydrogens is 573 g/mol. The van der Waals surface area contributed by atoms with Crippen molar-refractivity contribution in [2.45, 2.75) is 6.18 Å². The van der Waals surface area contributed by atoms with Gasteiger partial charge in [-0.15, -0.1) is 0 Å². The number of aromatic amines is 1. The van der Waals surface area contributed by atoms with Crippen LogP contribution in [0.5, 0.6) is 17.2 Å². The fourth-order valence-electron chi connectivity index (χ4n) is 3.82. The van der Waals surface area contributed by atoms with Crippen LogP contribution in [0.4, 0.5) is 30.5 Å². The summed E-state index contributed by atoms with van der Waals surface area (Å²) < 4.78 is 49.5. The van der Waals surface area contributed by atoms with Crippen molar-refractivity contribution >= 4 is 40.2 Å². The molecule has 0 fully saturated rings. The highest BCUT2D eigenvalue weighted by Crippen LogP contribution is 2.40. The standard InChI is InChI=1S/C26H24N6O4.C2HF3O2/c1-34-22-12-17(13-23(35-2)24(22)36-3)28-25(33)16-7-6-8-19(11-16)32-15-18(14-27-32)29-26-30-20-9-4-5-10-21(20)31-26;3-2(4,5)1(6)7/h4-15H,1-3H3,(H,28,33)(H2,29,30,31);(H,6,7). The van der Waals surface area contributed by atoms with E-state index >= 15 is 0 Å². The summed E-state index contributed by atoms with van der Waals surface area (Å²) in [5.74, 6) is -1.09. The predicted octanol–water partition coefficient (Wildman–Crippen LogP) is 5.40. The topological polar surface area (TPSA) is 153 Å². The summed E-state index contributed by atoms with van der Waals surface area (Å²) in [5, 5.41) is 17.6. The molecule has 1 amide bonds. The van der Waals surface area contributed by atoms with Crippen LogP contribution in [0.15, 0.2) is 73.1 Å². The van der Waals surface area contributed by atoms with Gasteiger partial charge in [-0.1, -0.05) is 18.2 Å². The number of para-hydroxylation sites is 2. The second-order valence-electron chi connectivity index (χ2n) is 8.62. The first-order chi connectivity index (χ1) is 20.5. The van der Waals surface area contributed by atoms with Gasteiger partial charge in [0.1, 0.15) is 0 Å². The number of anilines is 3. The van der Waals surface area contributed by atoms with Crippen molar-refractivity contribution in [3.8, 4) is 22.9 Å². The van der Waals surface area contributed by atoms with Gasteiger partial charge < -0.3 is 34.9 Å². The van der Waals surface area contributed by atoms with E-state index in [-0.39, 0.29) is 5.91 Å². The Morgan fingerprint density at radius 3 is 2.21 bits per heavy atom. The van der Waals surface area contributed by atoms with Crippen LogP contribution in [0.2, 0.25) is 0 Å². The minimum Gasteiger partial charge on any atom is -0.493 e. The molecule has 5 aromatic rings. The van der Waals surface area contributed by atoms with E-state index in [4.69, 9.17) is 24.1 Å². The lowest BCUT2D eigenvalue weighted by molar-refractivity contribution is -0.192. The highest BCUT2D eigenvalue weighted by atomic mass is 19.4. The number of H-pyrrole nitrogens is 1. The van der Waals surface area contributed by atoms with Crippen LogP contribution in [0, 0.1) is 0 Å². The van der Waals surface area contributed by atoms with Gasteiger partial charge in [-0.25, -0.2) is 14.5 Å². The van der Waals surface area contributed by atoms with Crippen molar-refractivity contribution in [2.75, 3.05) is 32.0 Å². The van der Waals surface area contributed by atoms with Crippen LogP contribution in [0.3, 0.4) is 0 Å². The Bertz CT molecular complexity index is 1690. The Kier molecular flexibility index (Phi) is 9.03. The molecule has 2 aromatic heterocycles. The van der Waals surface area contributed by atoms with Gasteiger partial charge in [0.2, 0.25) is 11.7 Å². The minimum absolute atomic E-state index is 0.293. The SMILES string of the molecule is COc1cc(NC(=O)c2cccc(-n3cc(Nc4nc5ccccc5[nH]4)cn3)c2)cc(OC)c1OC.O=C(O)C(F)(F)F. The maximum absolute atomic E-state index is 13.0. The number of methoxy groups -OCH3 is 3. The fraction of sp³-hybridized carbons (Fsp3) is 0.143. The number of carboxylic acids is 1. The summed E-state index contributed by atoms with van der Waals surface area (Å²) in [5.41, 5.74) is 4.27. The number of halogens is 3. The molecule has 0 saturated heterocycles. The molecular formula is C28H25F3N6O6. The fourth-order valence-corrected chi connectivity index (χ4v) is 3.82. The second kappa shape index (κ2) is 12.8. The molecule has 3 aromatic carbocycles. The molecule has 0 aliphatic rings. The normalized spacial score (nSPS) is 10.8. The van der Waals surface area contributed by atoms with Gasteiger partial charge in [0, 0.05) is 23.4 Å². The second-order valence-corrected chi connectivity index (χ2v) is 8.62. The monoisotopic (exact) mass is 598 g/mol. The Morgan fingerprint density at radius 2 is 1.60 bits per heavy atom. The zero-order valence-corrected chi connectivity index (χ0v) is 22.9. The number of carbonyl (C=O) groups excluding carboxylic acids is 1. The zero-order chi connectivity index (χ0) is 31.1. The lowest BCUT2D eigenvalue weighted by Gasteiger charge is -2.14. The zero-order valence-electron chi connectivity index (χ0n) is 22.9. The third kappa shape index (κ3) is 7.32. The molecule has 0 atom stereocenters. The van der Waals surface area contributed by atoms with E-state index in [2.05, 4.69) is 25.7 Å². The number of imidazole rings is 1. The molecule has 2 heterocycles. The largest absolute Gasteiger partial charge is 0.493 e. The average Bonchev–Trinajstić information content (AvgIpc) is 3.63. The quantitative estimate of drug-likeness (QED) is 0.184. The van der Waals surface area contributed by atoms with Crippen molar-refractivity contribution in [1.29, 1.82) is 0 Å². The van der Waals surface area contributed by atoms with Crippen molar-refractivity contribution in [3.63, 3.8) is 0 Å². The molecule has 0 spiro atoms. The number of amides is 1. The molecule has 224 valence electrons. The van der Waals surface area contributed by atoms with Crippen molar-refractivity contribution in [1.82, 2.24) is 19.7 Å². The number of benzene rings is 3. The lowest BCUT2D eigenvalue weighted by atomic mass is 10.1. The van der Waals surface area contributed by atoms with Crippen LogP contribution >= 0.6 is 0 Å². The summed E-state index contributed by atoms with van der Waals surface area (Å²) >= 11 is 0. The molecule has 0 saturated carbocycles. The number of nitrogens with one attached hydrogen (secondary N) is 3. The number of nitrogens with zero attached hydrogens (tertiary/aromatic N) is 3. The van der Waals surface area contributed by atoms with Crippen LogP contribution in [-0.4, -0.2) is 64.2 Å². The number of hydrogen-bond acceptors (Lipinski definition) is 8. The third-order valence-electron chi connectivity index (χ3n) is 5.77. The maximum atomic E-state index is 13.0. The number of fused-ring (bicyclic) bond motifs is 1. The predicted molar refractivity (Wildman–Crippen MR) is 151 cm³/mol. The van der Waals surface area contributed by atoms with E-state index in [0.29, 0.717) is 34.4 Å². The van der Waals surface area contributed by atoms with Gasteiger partial charge in [-0.2, -0.15) is 18.3 Å². The van der Waals surface area contributed by atoms with Gasteiger partial charge in [0.25, 0.3) is 5.91 Å². The third-order valence-corrected chi connectivity index (χ3v) is 5.77. The van der Waals surface area contributed by atoms with E-state index in [9.17, 15) is 18.0 Å². The van der Waals surface area contributed by atoms with Crippen LogP contribution < -0.4 is 24.8 Å². The minimum atomic E-state index is -5.08. The number of alkyl halides is 3. The summed E-state index contributed by atoms with van der Waals surface area (Å²) in [6, 6.07) is 18.3. The smallest absolute Gasteiger partial charge is 0.490 e. The number of aromatic nitrogens is 4. The molecule has 43 heavy (non-hydrogen) atoms. The van der Waals surface area contributed by atoms with Crippen molar-refractivity contribution in [3.05, 3.63) is 78.6 Å². The summed E-state index contributed by atoms with van der Waals surface area (Å²) in [7, 11) is 4.57. The van der Waals surface area contributed by atoms with E-state index in [0.717, 1.165) is 22.4 Å². The van der Waals surface area contributed by atoms with Gasteiger partial charge in [-0.3, -0.25) is 4.79 Å². The van der Waals surface area contributed by atoms with E-state index < -0.39 is 12.1 Å². The maximum Gasteiger partial charge on any atom is 0.490 e. The molecule has 0 bridgehead atoms. The van der Waals surface area contributed by atoms with E-state index in [1.807, 2.05) is 36.5 Å². The van der Waals surface area contributed by atoms with E-state index in [1.54, 1.807) is 41.2 Å². The summed E-state index contributed by atoms with van der Waals surface area (Å²) in [6.07, 6.45) is -1.57. The molecule has 0 aliphatic carbocycles. The number of carboxylic acid groups (broad SMARTS) is 1.